The molecule has 0 fully saturated rings. The minimum atomic E-state index is -0.247. The first-order valence-corrected chi connectivity index (χ1v) is 8.29. The SMILES string of the molecule is CC.CCOC(=O)N1CCc2ccc3c(c2CC1)C(=O)CC3. The van der Waals surface area contributed by atoms with Gasteiger partial charge >= 0.3 is 6.09 Å². The Morgan fingerprint density at radius 3 is 2.50 bits per heavy atom. The highest BCUT2D eigenvalue weighted by Crippen LogP contribution is 2.30. The van der Waals surface area contributed by atoms with E-state index >= 15 is 0 Å². The van der Waals surface area contributed by atoms with Crippen LogP contribution in [0.15, 0.2) is 12.1 Å². The quantitative estimate of drug-likeness (QED) is 0.799. The van der Waals surface area contributed by atoms with Crippen LogP contribution >= 0.6 is 0 Å². The van der Waals surface area contributed by atoms with Gasteiger partial charge in [-0.1, -0.05) is 26.0 Å². The molecule has 2 aliphatic rings. The number of amides is 1. The third kappa shape index (κ3) is 3.16. The number of hydrogen-bond acceptors (Lipinski definition) is 3. The molecule has 3 rings (SSSR count). The Morgan fingerprint density at radius 1 is 1.09 bits per heavy atom. The van der Waals surface area contributed by atoms with E-state index in [1.807, 2.05) is 20.8 Å². The molecular formula is C18H25NO3. The van der Waals surface area contributed by atoms with E-state index in [-0.39, 0.29) is 11.9 Å². The van der Waals surface area contributed by atoms with Crippen molar-refractivity contribution in [1.29, 1.82) is 0 Å². The second kappa shape index (κ2) is 7.43. The first kappa shape index (κ1) is 16.5. The number of ether oxygens (including phenoxy) is 1. The number of carbonyl (C=O) groups excluding carboxylic acids is 2. The second-order valence-electron chi connectivity index (χ2n) is 5.35. The molecule has 0 bridgehead atoms. The van der Waals surface area contributed by atoms with Crippen LogP contribution in [0.1, 0.15) is 54.2 Å². The molecule has 0 N–H and O–H groups in total. The Labute approximate surface area is 132 Å². The van der Waals surface area contributed by atoms with Gasteiger partial charge in [0.05, 0.1) is 6.61 Å². The van der Waals surface area contributed by atoms with Crippen molar-refractivity contribution in [2.45, 2.75) is 46.5 Å². The van der Waals surface area contributed by atoms with Crippen molar-refractivity contribution in [2.75, 3.05) is 19.7 Å². The molecule has 0 saturated carbocycles. The highest BCUT2D eigenvalue weighted by atomic mass is 16.6. The summed E-state index contributed by atoms with van der Waals surface area (Å²) in [6.07, 6.45) is 2.80. The van der Waals surface area contributed by atoms with Crippen molar-refractivity contribution in [3.63, 3.8) is 0 Å². The zero-order valence-electron chi connectivity index (χ0n) is 13.8. The first-order chi connectivity index (χ1) is 10.7. The average molecular weight is 303 g/mol. The van der Waals surface area contributed by atoms with E-state index in [0.29, 0.717) is 26.1 Å². The molecule has 0 spiro atoms. The van der Waals surface area contributed by atoms with Gasteiger partial charge in [-0.15, -0.1) is 0 Å². The van der Waals surface area contributed by atoms with E-state index < -0.39 is 0 Å². The normalized spacial score (nSPS) is 16.1. The van der Waals surface area contributed by atoms with Crippen LogP contribution in [0.4, 0.5) is 4.79 Å². The van der Waals surface area contributed by atoms with E-state index in [2.05, 4.69) is 12.1 Å². The molecule has 0 unspecified atom stereocenters. The van der Waals surface area contributed by atoms with Gasteiger partial charge in [0.1, 0.15) is 0 Å². The van der Waals surface area contributed by atoms with E-state index in [9.17, 15) is 9.59 Å². The van der Waals surface area contributed by atoms with Crippen molar-refractivity contribution in [2.24, 2.45) is 0 Å². The molecule has 1 aromatic rings. The number of benzene rings is 1. The number of aryl methyl sites for hydroxylation is 1. The van der Waals surface area contributed by atoms with Gasteiger partial charge in [0, 0.05) is 25.1 Å². The lowest BCUT2D eigenvalue weighted by molar-refractivity contribution is 0.0993. The summed E-state index contributed by atoms with van der Waals surface area (Å²) in [5, 5.41) is 0. The summed E-state index contributed by atoms with van der Waals surface area (Å²) in [6.45, 7) is 7.51. The maximum atomic E-state index is 12.1. The third-order valence-electron chi connectivity index (χ3n) is 4.21. The molecule has 0 atom stereocenters. The maximum Gasteiger partial charge on any atom is 0.409 e. The summed E-state index contributed by atoms with van der Waals surface area (Å²) in [7, 11) is 0. The van der Waals surface area contributed by atoms with E-state index in [0.717, 1.165) is 30.4 Å². The molecule has 0 aromatic heterocycles. The van der Waals surface area contributed by atoms with Crippen LogP contribution in [0, 0.1) is 0 Å². The Hall–Kier alpha value is -1.84. The third-order valence-corrected chi connectivity index (χ3v) is 4.21. The van der Waals surface area contributed by atoms with Crippen LogP contribution in [0.25, 0.3) is 0 Å². The number of rotatable bonds is 1. The fourth-order valence-corrected chi connectivity index (χ4v) is 3.20. The molecule has 0 radical (unpaired) electrons. The van der Waals surface area contributed by atoms with Crippen LogP contribution in [0.5, 0.6) is 0 Å². The molecule has 120 valence electrons. The summed E-state index contributed by atoms with van der Waals surface area (Å²) in [5.41, 5.74) is 4.49. The van der Waals surface area contributed by atoms with Crippen molar-refractivity contribution >= 4 is 11.9 Å². The summed E-state index contributed by atoms with van der Waals surface area (Å²) >= 11 is 0. The van der Waals surface area contributed by atoms with E-state index in [4.69, 9.17) is 4.74 Å². The Balaban J connectivity index is 0.000000847. The summed E-state index contributed by atoms with van der Waals surface area (Å²) < 4.78 is 5.07. The van der Waals surface area contributed by atoms with Gasteiger partial charge in [0.15, 0.2) is 5.78 Å². The number of carbonyl (C=O) groups is 2. The maximum absolute atomic E-state index is 12.1. The summed E-state index contributed by atoms with van der Waals surface area (Å²) in [4.78, 5) is 25.6. The van der Waals surface area contributed by atoms with Gasteiger partial charge in [-0.25, -0.2) is 4.79 Å². The largest absolute Gasteiger partial charge is 0.450 e. The van der Waals surface area contributed by atoms with Crippen molar-refractivity contribution < 1.29 is 14.3 Å². The highest BCUT2D eigenvalue weighted by molar-refractivity contribution is 6.02. The number of Topliss-reactive ketones (excluding diaryl/α,β-unsaturated/α-hetero) is 1. The lowest BCUT2D eigenvalue weighted by Crippen LogP contribution is -2.33. The second-order valence-corrected chi connectivity index (χ2v) is 5.35. The molecule has 1 aliphatic carbocycles. The molecule has 4 heteroatoms. The minimum absolute atomic E-state index is 0.247. The lowest BCUT2D eigenvalue weighted by Gasteiger charge is -2.19. The van der Waals surface area contributed by atoms with E-state index in [1.165, 1.54) is 11.1 Å². The number of fused-ring (bicyclic) bond motifs is 3. The number of hydrogen-bond donors (Lipinski definition) is 0. The van der Waals surface area contributed by atoms with Crippen molar-refractivity contribution in [1.82, 2.24) is 4.90 Å². The summed E-state index contributed by atoms with van der Waals surface area (Å²) in [6, 6.07) is 4.21. The predicted octanol–water partition coefficient (Wildman–Crippen LogP) is 3.40. The van der Waals surface area contributed by atoms with Gasteiger partial charge in [-0.2, -0.15) is 0 Å². The molecule has 1 aliphatic heterocycles. The van der Waals surface area contributed by atoms with Gasteiger partial charge in [0.2, 0.25) is 0 Å². The molecule has 22 heavy (non-hydrogen) atoms. The number of nitrogens with zero attached hydrogens (tertiary/aromatic N) is 1. The molecule has 1 aromatic carbocycles. The fraction of sp³-hybridized carbons (Fsp3) is 0.556. The standard InChI is InChI=1S/C16H19NO3.C2H6/c1-2-20-16(19)17-9-7-11-3-4-12-5-6-14(18)15(12)13(11)8-10-17;1-2/h3-4H,2,5-10H2,1H3;1-2H3. The van der Waals surface area contributed by atoms with Gasteiger partial charge in [-0.3, -0.25) is 4.79 Å². The van der Waals surface area contributed by atoms with Gasteiger partial charge in [-0.05, 0) is 42.9 Å². The lowest BCUT2D eigenvalue weighted by atomic mass is 9.94. The van der Waals surface area contributed by atoms with Gasteiger partial charge < -0.3 is 9.64 Å². The average Bonchev–Trinajstić information content (AvgIpc) is 2.79. The van der Waals surface area contributed by atoms with Crippen molar-refractivity contribution in [3.05, 3.63) is 34.4 Å². The first-order valence-electron chi connectivity index (χ1n) is 8.29. The minimum Gasteiger partial charge on any atom is -0.450 e. The van der Waals surface area contributed by atoms with Crippen LogP contribution in [0.2, 0.25) is 0 Å². The molecule has 1 amide bonds. The summed E-state index contributed by atoms with van der Waals surface area (Å²) in [5.74, 6) is 0.265. The van der Waals surface area contributed by atoms with Crippen molar-refractivity contribution in [3.8, 4) is 0 Å². The zero-order valence-corrected chi connectivity index (χ0v) is 13.8. The molecular weight excluding hydrogens is 278 g/mol. The van der Waals surface area contributed by atoms with E-state index in [1.54, 1.807) is 4.90 Å². The molecule has 1 heterocycles. The monoisotopic (exact) mass is 303 g/mol. The van der Waals surface area contributed by atoms with Crippen LogP contribution in [-0.2, 0) is 24.0 Å². The zero-order chi connectivity index (χ0) is 16.1. The Kier molecular flexibility index (Phi) is 5.58. The number of ketones is 1. The Morgan fingerprint density at radius 2 is 1.77 bits per heavy atom. The van der Waals surface area contributed by atoms with Crippen LogP contribution in [-0.4, -0.2) is 36.5 Å². The Bertz CT molecular complexity index is 566. The highest BCUT2D eigenvalue weighted by Gasteiger charge is 2.27. The van der Waals surface area contributed by atoms with Crippen LogP contribution < -0.4 is 0 Å². The predicted molar refractivity (Wildman–Crippen MR) is 86.4 cm³/mol. The molecule has 4 nitrogen and oxygen atoms in total. The molecule has 0 saturated heterocycles. The van der Waals surface area contributed by atoms with Gasteiger partial charge in [0.25, 0.3) is 0 Å². The smallest absolute Gasteiger partial charge is 0.409 e. The topological polar surface area (TPSA) is 46.6 Å². The van der Waals surface area contributed by atoms with Crippen LogP contribution in [0.3, 0.4) is 0 Å². The fourth-order valence-electron chi connectivity index (χ4n) is 3.20.